The summed E-state index contributed by atoms with van der Waals surface area (Å²) < 4.78 is 0. The van der Waals surface area contributed by atoms with Crippen molar-refractivity contribution in [3.05, 3.63) is 23.3 Å². The van der Waals surface area contributed by atoms with E-state index >= 15 is 0 Å². The van der Waals surface area contributed by atoms with Gasteiger partial charge in [-0.15, -0.1) is 0 Å². The lowest BCUT2D eigenvalue weighted by atomic mass is 10.1. The van der Waals surface area contributed by atoms with E-state index in [4.69, 9.17) is 0 Å². The van der Waals surface area contributed by atoms with Crippen LogP contribution in [0.5, 0.6) is 0 Å². The van der Waals surface area contributed by atoms with Gasteiger partial charge in [0.05, 0.1) is 16.7 Å². The first-order valence-electron chi connectivity index (χ1n) is 5.48. The Bertz CT molecular complexity index is 483. The largest absolute Gasteiger partial charge is 0.358 e. The highest BCUT2D eigenvalue weighted by Crippen LogP contribution is 2.21. The van der Waals surface area contributed by atoms with Gasteiger partial charge in [-0.1, -0.05) is 20.8 Å². The summed E-state index contributed by atoms with van der Waals surface area (Å²) in [6.45, 7) is 8.46. The molecule has 2 rings (SSSR count). The lowest BCUT2D eigenvalue weighted by molar-refractivity contribution is 0.769. The molecule has 0 radical (unpaired) electrons. The maximum Gasteiger partial charge on any atom is 0.131 e. The molecule has 1 N–H and O–H groups in total. The van der Waals surface area contributed by atoms with E-state index in [9.17, 15) is 0 Å². The van der Waals surface area contributed by atoms with E-state index in [0.717, 1.165) is 29.0 Å². The van der Waals surface area contributed by atoms with E-state index in [0.29, 0.717) is 5.92 Å². The van der Waals surface area contributed by atoms with E-state index in [1.165, 1.54) is 5.56 Å². The van der Waals surface area contributed by atoms with Gasteiger partial charge in [0.25, 0.3) is 0 Å². The molecule has 0 amide bonds. The van der Waals surface area contributed by atoms with Crippen molar-refractivity contribution in [2.75, 3.05) is 0 Å². The zero-order valence-electron chi connectivity index (χ0n) is 9.76. The first-order chi connectivity index (χ1) is 7.13. The van der Waals surface area contributed by atoms with Crippen LogP contribution in [0.1, 0.15) is 43.8 Å². The van der Waals surface area contributed by atoms with Crippen LogP contribution in [0.2, 0.25) is 0 Å². The van der Waals surface area contributed by atoms with E-state index in [1.807, 2.05) is 6.20 Å². The quantitative estimate of drug-likeness (QED) is 0.815. The Morgan fingerprint density at radius 1 is 1.33 bits per heavy atom. The van der Waals surface area contributed by atoms with Crippen LogP contribution in [-0.4, -0.2) is 15.0 Å². The van der Waals surface area contributed by atoms with Crippen LogP contribution in [0, 0.1) is 6.92 Å². The van der Waals surface area contributed by atoms with Crippen LogP contribution >= 0.6 is 0 Å². The van der Waals surface area contributed by atoms with E-state index in [1.54, 1.807) is 0 Å². The van der Waals surface area contributed by atoms with Gasteiger partial charge in [0.2, 0.25) is 0 Å². The van der Waals surface area contributed by atoms with Crippen LogP contribution in [0.25, 0.3) is 11.0 Å². The van der Waals surface area contributed by atoms with Gasteiger partial charge in [-0.05, 0) is 18.9 Å². The summed E-state index contributed by atoms with van der Waals surface area (Å²) in [6, 6.07) is 0. The Balaban J connectivity index is 2.74. The molecule has 15 heavy (non-hydrogen) atoms. The highest BCUT2D eigenvalue weighted by atomic mass is 14.9. The second-order valence-electron chi connectivity index (χ2n) is 4.23. The van der Waals surface area contributed by atoms with Gasteiger partial charge in [0.15, 0.2) is 0 Å². The molecule has 0 aliphatic rings. The van der Waals surface area contributed by atoms with Crippen LogP contribution in [0.3, 0.4) is 0 Å². The van der Waals surface area contributed by atoms with Crippen molar-refractivity contribution in [1.82, 2.24) is 15.0 Å². The maximum absolute atomic E-state index is 4.60. The number of fused-ring (bicyclic) bond motifs is 1. The van der Waals surface area contributed by atoms with Crippen LogP contribution in [0.15, 0.2) is 6.20 Å². The van der Waals surface area contributed by atoms with Crippen LogP contribution in [0.4, 0.5) is 0 Å². The fourth-order valence-electron chi connectivity index (χ4n) is 1.73. The number of nitrogens with zero attached hydrogens (tertiary/aromatic N) is 2. The molecule has 0 aromatic carbocycles. The number of hydrogen-bond acceptors (Lipinski definition) is 2. The molecular formula is C12H17N3. The molecule has 2 aromatic rings. The number of H-pyrrole nitrogens is 1. The van der Waals surface area contributed by atoms with Crippen molar-refractivity contribution >= 4 is 11.0 Å². The Hall–Kier alpha value is -1.38. The number of hydrogen-bond donors (Lipinski definition) is 1. The number of aromatic nitrogens is 3. The molecule has 0 bridgehead atoms. The minimum atomic E-state index is 0.383. The molecular weight excluding hydrogens is 186 g/mol. The standard InChI is InChI=1S/C12H17N3/c1-5-9-11-10(8(4)6-13-11)15-12(14-9)7(2)3/h6-7,13H,5H2,1-4H3. The number of rotatable bonds is 2. The van der Waals surface area contributed by atoms with Crippen LogP contribution < -0.4 is 0 Å². The van der Waals surface area contributed by atoms with Gasteiger partial charge in [0, 0.05) is 12.1 Å². The van der Waals surface area contributed by atoms with Crippen molar-refractivity contribution in [3.8, 4) is 0 Å². The highest BCUT2D eigenvalue weighted by molar-refractivity contribution is 5.80. The zero-order chi connectivity index (χ0) is 11.0. The molecule has 0 fully saturated rings. The Morgan fingerprint density at radius 2 is 2.07 bits per heavy atom. The number of aromatic amines is 1. The molecule has 2 heterocycles. The van der Waals surface area contributed by atoms with Crippen molar-refractivity contribution in [3.63, 3.8) is 0 Å². The minimum absolute atomic E-state index is 0.383. The molecule has 0 saturated heterocycles. The normalized spacial score (nSPS) is 11.5. The zero-order valence-corrected chi connectivity index (χ0v) is 9.76. The van der Waals surface area contributed by atoms with Crippen molar-refractivity contribution in [2.45, 2.75) is 40.0 Å². The van der Waals surface area contributed by atoms with Gasteiger partial charge in [0.1, 0.15) is 5.82 Å². The Labute approximate surface area is 90.0 Å². The molecule has 3 heteroatoms. The van der Waals surface area contributed by atoms with Crippen molar-refractivity contribution in [2.24, 2.45) is 0 Å². The van der Waals surface area contributed by atoms with Gasteiger partial charge in [-0.25, -0.2) is 9.97 Å². The van der Waals surface area contributed by atoms with E-state index < -0.39 is 0 Å². The lowest BCUT2D eigenvalue weighted by Gasteiger charge is -2.07. The summed E-state index contributed by atoms with van der Waals surface area (Å²) in [5, 5.41) is 0. The molecule has 0 unspecified atom stereocenters. The third kappa shape index (κ3) is 1.62. The molecule has 0 saturated carbocycles. The summed E-state index contributed by atoms with van der Waals surface area (Å²) >= 11 is 0. The topological polar surface area (TPSA) is 41.6 Å². The molecule has 2 aromatic heterocycles. The first-order valence-corrected chi connectivity index (χ1v) is 5.48. The average molecular weight is 203 g/mol. The SMILES string of the molecule is CCc1nc(C(C)C)nc2c(C)c[nH]c12. The Kier molecular flexibility index (Phi) is 2.47. The molecule has 0 spiro atoms. The van der Waals surface area contributed by atoms with Gasteiger partial charge >= 0.3 is 0 Å². The van der Waals surface area contributed by atoms with Gasteiger partial charge in [-0.2, -0.15) is 0 Å². The fourth-order valence-corrected chi connectivity index (χ4v) is 1.73. The summed E-state index contributed by atoms with van der Waals surface area (Å²) in [5.74, 6) is 1.33. The molecule has 0 atom stereocenters. The predicted molar refractivity (Wildman–Crippen MR) is 62.1 cm³/mol. The summed E-state index contributed by atoms with van der Waals surface area (Å²) in [4.78, 5) is 12.4. The second-order valence-corrected chi connectivity index (χ2v) is 4.23. The molecule has 80 valence electrons. The maximum atomic E-state index is 4.60. The Morgan fingerprint density at radius 3 is 2.67 bits per heavy atom. The molecule has 3 nitrogen and oxygen atoms in total. The van der Waals surface area contributed by atoms with Gasteiger partial charge < -0.3 is 4.98 Å². The van der Waals surface area contributed by atoms with Crippen LogP contribution in [-0.2, 0) is 6.42 Å². The smallest absolute Gasteiger partial charge is 0.131 e. The summed E-state index contributed by atoms with van der Waals surface area (Å²) in [7, 11) is 0. The monoisotopic (exact) mass is 203 g/mol. The summed E-state index contributed by atoms with van der Waals surface area (Å²) in [5.41, 5.74) is 4.49. The molecule has 0 aliphatic carbocycles. The highest BCUT2D eigenvalue weighted by Gasteiger charge is 2.11. The van der Waals surface area contributed by atoms with Gasteiger partial charge in [-0.3, -0.25) is 0 Å². The van der Waals surface area contributed by atoms with E-state index in [-0.39, 0.29) is 0 Å². The van der Waals surface area contributed by atoms with Crippen molar-refractivity contribution < 1.29 is 0 Å². The lowest BCUT2D eigenvalue weighted by Crippen LogP contribution is -2.02. The van der Waals surface area contributed by atoms with Crippen molar-refractivity contribution in [1.29, 1.82) is 0 Å². The molecule has 0 aliphatic heterocycles. The van der Waals surface area contributed by atoms with E-state index in [2.05, 4.69) is 42.6 Å². The second kappa shape index (κ2) is 3.65. The number of aryl methyl sites for hydroxylation is 2. The first kappa shape index (κ1) is 10.1. The number of nitrogens with one attached hydrogen (secondary N) is 1. The average Bonchev–Trinajstić information content (AvgIpc) is 2.59. The predicted octanol–water partition coefficient (Wildman–Crippen LogP) is 2.95. The fraction of sp³-hybridized carbons (Fsp3) is 0.500. The third-order valence-corrected chi connectivity index (χ3v) is 2.66. The minimum Gasteiger partial charge on any atom is -0.358 e. The summed E-state index contributed by atoms with van der Waals surface area (Å²) in [6.07, 6.45) is 2.95. The third-order valence-electron chi connectivity index (χ3n) is 2.66.